The fourth-order valence-corrected chi connectivity index (χ4v) is 3.81. The van der Waals surface area contributed by atoms with Crippen LogP contribution in [0.5, 0.6) is 0 Å². The zero-order valence-corrected chi connectivity index (χ0v) is 14.9. The third kappa shape index (κ3) is 3.89. The van der Waals surface area contributed by atoms with Crippen LogP contribution >= 0.6 is 0 Å². The number of likely N-dealkylation sites (tertiary alicyclic amines) is 1. The van der Waals surface area contributed by atoms with Crippen LogP contribution in [0.2, 0.25) is 0 Å². The van der Waals surface area contributed by atoms with Gasteiger partial charge in [-0.3, -0.25) is 4.90 Å². The van der Waals surface area contributed by atoms with Crippen LogP contribution in [0.1, 0.15) is 35.8 Å². The second-order valence-corrected chi connectivity index (χ2v) is 6.91. The number of halogens is 1. The highest BCUT2D eigenvalue weighted by atomic mass is 19.1. The first-order valence-electron chi connectivity index (χ1n) is 9.15. The van der Waals surface area contributed by atoms with Gasteiger partial charge in [-0.2, -0.15) is 0 Å². The summed E-state index contributed by atoms with van der Waals surface area (Å²) in [7, 11) is 0. The third-order valence-corrected chi connectivity index (χ3v) is 5.14. The summed E-state index contributed by atoms with van der Waals surface area (Å²) >= 11 is 0. The highest BCUT2D eigenvalue weighted by molar-refractivity contribution is 5.18. The molecule has 1 aromatic heterocycles. The minimum absolute atomic E-state index is 0.0101. The largest absolute Gasteiger partial charge is 0.395 e. The highest BCUT2D eigenvalue weighted by Crippen LogP contribution is 2.36. The molecule has 3 aromatic rings. The van der Waals surface area contributed by atoms with Crippen molar-refractivity contribution in [1.82, 2.24) is 25.1 Å². The van der Waals surface area contributed by atoms with Gasteiger partial charge in [0.2, 0.25) is 0 Å². The van der Waals surface area contributed by atoms with Gasteiger partial charge in [0, 0.05) is 12.6 Å². The van der Waals surface area contributed by atoms with Gasteiger partial charge in [0.05, 0.1) is 19.2 Å². The molecule has 0 spiro atoms. The van der Waals surface area contributed by atoms with E-state index in [0.717, 1.165) is 29.8 Å². The Hall–Kier alpha value is -2.64. The monoisotopic (exact) mass is 367 g/mol. The summed E-state index contributed by atoms with van der Waals surface area (Å²) in [5.41, 5.74) is 2.00. The first kappa shape index (κ1) is 17.8. The fourth-order valence-electron chi connectivity index (χ4n) is 3.81. The van der Waals surface area contributed by atoms with Gasteiger partial charge >= 0.3 is 0 Å². The number of tetrazole rings is 1. The number of hydrogen-bond acceptors (Lipinski definition) is 5. The zero-order valence-electron chi connectivity index (χ0n) is 14.9. The lowest BCUT2D eigenvalue weighted by molar-refractivity contribution is 0.117. The van der Waals surface area contributed by atoms with Crippen LogP contribution in [-0.4, -0.2) is 42.9 Å². The molecule has 2 atom stereocenters. The summed E-state index contributed by atoms with van der Waals surface area (Å²) in [5, 5.41) is 22.1. The number of aliphatic hydroxyl groups excluding tert-OH is 1. The quantitative estimate of drug-likeness (QED) is 0.725. The van der Waals surface area contributed by atoms with Crippen LogP contribution in [0.25, 0.3) is 0 Å². The maximum atomic E-state index is 13.6. The van der Waals surface area contributed by atoms with Gasteiger partial charge in [0.25, 0.3) is 0 Å². The Morgan fingerprint density at radius 3 is 2.59 bits per heavy atom. The molecule has 0 bridgehead atoms. The number of aliphatic hydroxyl groups is 1. The Labute approximate surface area is 157 Å². The van der Waals surface area contributed by atoms with Crippen LogP contribution in [-0.2, 0) is 13.1 Å². The lowest BCUT2D eigenvalue weighted by atomic mass is 10.1. The van der Waals surface area contributed by atoms with E-state index in [1.807, 2.05) is 41.1 Å². The first-order valence-corrected chi connectivity index (χ1v) is 9.15. The Morgan fingerprint density at radius 1 is 1.00 bits per heavy atom. The zero-order chi connectivity index (χ0) is 18.6. The van der Waals surface area contributed by atoms with E-state index < -0.39 is 0 Å². The predicted octanol–water partition coefficient (Wildman–Crippen LogP) is 2.56. The Morgan fingerprint density at radius 2 is 1.81 bits per heavy atom. The number of aromatic nitrogens is 4. The smallest absolute Gasteiger partial charge is 0.168 e. The van der Waals surface area contributed by atoms with E-state index in [-0.39, 0.29) is 24.5 Å². The molecule has 1 N–H and O–H groups in total. The van der Waals surface area contributed by atoms with Gasteiger partial charge in [-0.1, -0.05) is 42.5 Å². The molecule has 7 heteroatoms. The highest BCUT2D eigenvalue weighted by Gasteiger charge is 2.37. The van der Waals surface area contributed by atoms with Crippen molar-refractivity contribution in [3.8, 4) is 0 Å². The summed E-state index contributed by atoms with van der Waals surface area (Å²) in [5.74, 6) is 0.531. The molecule has 6 nitrogen and oxygen atoms in total. The van der Waals surface area contributed by atoms with Crippen molar-refractivity contribution in [2.24, 2.45) is 0 Å². The summed E-state index contributed by atoms with van der Waals surface area (Å²) in [6, 6.07) is 16.6. The van der Waals surface area contributed by atoms with Gasteiger partial charge in [0.1, 0.15) is 5.82 Å². The van der Waals surface area contributed by atoms with E-state index in [4.69, 9.17) is 0 Å². The van der Waals surface area contributed by atoms with Crippen molar-refractivity contribution in [3.05, 3.63) is 77.4 Å². The molecular formula is C20H22FN5O. The Kier molecular flexibility index (Phi) is 5.22. The maximum Gasteiger partial charge on any atom is 0.168 e. The van der Waals surface area contributed by atoms with E-state index in [1.165, 1.54) is 12.1 Å². The standard InChI is InChI=1S/C20H22FN5O/c21-17-8-4-7-16(11-17)12-25-18(14-27)9-10-19(25)20-22-23-24-26(20)13-15-5-2-1-3-6-15/h1-8,11,18-19,27H,9-10,12-14H2/t18-,19-/m0/s1. The molecule has 0 radical (unpaired) electrons. The van der Waals surface area contributed by atoms with Gasteiger partial charge in [-0.15, -0.1) is 5.10 Å². The SMILES string of the molecule is OC[C@@H]1CC[C@@H](c2nnnn2Cc2ccccc2)N1Cc1cccc(F)c1. The number of nitrogens with zero attached hydrogens (tertiary/aromatic N) is 5. The molecule has 0 aliphatic carbocycles. The lowest BCUT2D eigenvalue weighted by Gasteiger charge is -2.28. The molecule has 0 unspecified atom stereocenters. The number of rotatable bonds is 6. The van der Waals surface area contributed by atoms with Gasteiger partial charge in [-0.25, -0.2) is 9.07 Å². The summed E-state index contributed by atoms with van der Waals surface area (Å²) in [6.07, 6.45) is 1.71. The molecule has 2 heterocycles. The van der Waals surface area contributed by atoms with Crippen molar-refractivity contribution in [2.75, 3.05) is 6.61 Å². The van der Waals surface area contributed by atoms with Gasteiger partial charge in [-0.05, 0) is 46.5 Å². The molecule has 140 valence electrons. The predicted molar refractivity (Wildman–Crippen MR) is 98.2 cm³/mol. The van der Waals surface area contributed by atoms with Crippen molar-refractivity contribution in [1.29, 1.82) is 0 Å². The summed E-state index contributed by atoms with van der Waals surface area (Å²) in [6.45, 7) is 1.20. The van der Waals surface area contributed by atoms with Crippen molar-refractivity contribution in [2.45, 2.75) is 38.0 Å². The van der Waals surface area contributed by atoms with E-state index >= 15 is 0 Å². The van der Waals surface area contributed by atoms with Crippen molar-refractivity contribution < 1.29 is 9.50 Å². The topological polar surface area (TPSA) is 67.1 Å². The second-order valence-electron chi connectivity index (χ2n) is 6.91. The average molecular weight is 367 g/mol. The maximum absolute atomic E-state index is 13.6. The van der Waals surface area contributed by atoms with E-state index in [2.05, 4.69) is 20.4 Å². The average Bonchev–Trinajstić information content (AvgIpc) is 3.29. The minimum Gasteiger partial charge on any atom is -0.395 e. The van der Waals surface area contributed by atoms with Crippen molar-refractivity contribution >= 4 is 0 Å². The van der Waals surface area contributed by atoms with Crippen LogP contribution in [0.15, 0.2) is 54.6 Å². The summed E-state index contributed by atoms with van der Waals surface area (Å²) in [4.78, 5) is 2.18. The van der Waals surface area contributed by atoms with Crippen LogP contribution in [0.4, 0.5) is 4.39 Å². The lowest BCUT2D eigenvalue weighted by Crippen LogP contribution is -2.34. The molecular weight excluding hydrogens is 345 g/mol. The van der Waals surface area contributed by atoms with E-state index in [0.29, 0.717) is 13.1 Å². The third-order valence-electron chi connectivity index (χ3n) is 5.14. The van der Waals surface area contributed by atoms with Crippen molar-refractivity contribution in [3.63, 3.8) is 0 Å². The van der Waals surface area contributed by atoms with Crippen LogP contribution in [0.3, 0.4) is 0 Å². The number of hydrogen-bond donors (Lipinski definition) is 1. The molecule has 2 aromatic carbocycles. The summed E-state index contributed by atoms with van der Waals surface area (Å²) < 4.78 is 15.4. The Balaban J connectivity index is 1.59. The molecule has 1 saturated heterocycles. The van der Waals surface area contributed by atoms with Gasteiger partial charge in [0.15, 0.2) is 5.82 Å². The fraction of sp³-hybridized carbons (Fsp3) is 0.350. The number of benzene rings is 2. The molecule has 4 rings (SSSR count). The molecule has 1 fully saturated rings. The van der Waals surface area contributed by atoms with Crippen LogP contribution < -0.4 is 0 Å². The molecule has 1 aliphatic heterocycles. The molecule has 27 heavy (non-hydrogen) atoms. The minimum atomic E-state index is -0.252. The second kappa shape index (κ2) is 7.94. The van der Waals surface area contributed by atoms with Gasteiger partial charge < -0.3 is 5.11 Å². The molecule has 1 aliphatic rings. The van der Waals surface area contributed by atoms with E-state index in [1.54, 1.807) is 6.07 Å². The van der Waals surface area contributed by atoms with Crippen LogP contribution in [0, 0.1) is 5.82 Å². The van der Waals surface area contributed by atoms with E-state index in [9.17, 15) is 9.50 Å². The normalized spacial score (nSPS) is 20.2. The first-order chi connectivity index (χ1) is 13.2. The molecule has 0 amide bonds. The Bertz CT molecular complexity index is 885. The molecule has 0 saturated carbocycles.